The van der Waals surface area contributed by atoms with Crippen molar-refractivity contribution in [1.29, 1.82) is 0 Å². The Morgan fingerprint density at radius 1 is 1.29 bits per heavy atom. The molecule has 0 aromatic carbocycles. The molecule has 0 saturated carbocycles. The minimum absolute atomic E-state index is 0.00929. The van der Waals surface area contributed by atoms with Gasteiger partial charge in [-0.3, -0.25) is 0 Å². The van der Waals surface area contributed by atoms with Crippen LogP contribution in [0.15, 0.2) is 6.07 Å². The van der Waals surface area contributed by atoms with Gasteiger partial charge in [-0.2, -0.15) is 0 Å². The van der Waals surface area contributed by atoms with Crippen molar-refractivity contribution >= 4 is 0 Å². The van der Waals surface area contributed by atoms with Crippen molar-refractivity contribution in [2.24, 2.45) is 5.73 Å². The van der Waals surface area contributed by atoms with Crippen LogP contribution in [0.2, 0.25) is 0 Å². The highest BCUT2D eigenvalue weighted by atomic mass is 14.9. The van der Waals surface area contributed by atoms with Crippen molar-refractivity contribution in [1.82, 2.24) is 9.97 Å². The first-order chi connectivity index (χ1) is 6.43. The molecule has 78 valence electrons. The van der Waals surface area contributed by atoms with Gasteiger partial charge in [0, 0.05) is 23.2 Å². The summed E-state index contributed by atoms with van der Waals surface area (Å²) in [7, 11) is 0. The van der Waals surface area contributed by atoms with Crippen molar-refractivity contribution in [3.05, 3.63) is 23.3 Å². The van der Waals surface area contributed by atoms with E-state index in [1.165, 1.54) is 0 Å². The molecule has 1 heterocycles. The van der Waals surface area contributed by atoms with Crippen LogP contribution in [0.5, 0.6) is 0 Å². The SMILES string of the molecule is Cc1cc(CCN)nc(C(C)(C)C)n1. The van der Waals surface area contributed by atoms with Gasteiger partial charge in [-0.05, 0) is 19.5 Å². The zero-order valence-corrected chi connectivity index (χ0v) is 9.46. The summed E-state index contributed by atoms with van der Waals surface area (Å²) < 4.78 is 0. The smallest absolute Gasteiger partial charge is 0.134 e. The van der Waals surface area contributed by atoms with Crippen LogP contribution in [-0.4, -0.2) is 16.5 Å². The number of hydrogen-bond donors (Lipinski definition) is 1. The van der Waals surface area contributed by atoms with Gasteiger partial charge < -0.3 is 5.73 Å². The Morgan fingerprint density at radius 3 is 2.43 bits per heavy atom. The fourth-order valence-electron chi connectivity index (χ4n) is 1.25. The van der Waals surface area contributed by atoms with E-state index in [4.69, 9.17) is 5.73 Å². The van der Waals surface area contributed by atoms with Crippen LogP contribution in [0.1, 0.15) is 38.0 Å². The Hall–Kier alpha value is -0.960. The van der Waals surface area contributed by atoms with Gasteiger partial charge in [0.1, 0.15) is 5.82 Å². The Labute approximate surface area is 85.8 Å². The predicted molar refractivity (Wildman–Crippen MR) is 58.2 cm³/mol. The predicted octanol–water partition coefficient (Wildman–Crippen LogP) is 1.58. The first kappa shape index (κ1) is 11.1. The zero-order chi connectivity index (χ0) is 10.8. The summed E-state index contributed by atoms with van der Waals surface area (Å²) in [6.45, 7) is 8.99. The maximum Gasteiger partial charge on any atom is 0.134 e. The molecule has 1 aromatic rings. The van der Waals surface area contributed by atoms with Gasteiger partial charge in [0.15, 0.2) is 0 Å². The normalized spacial score (nSPS) is 11.8. The van der Waals surface area contributed by atoms with Gasteiger partial charge in [-0.15, -0.1) is 0 Å². The van der Waals surface area contributed by atoms with Crippen molar-refractivity contribution in [2.45, 2.75) is 39.5 Å². The summed E-state index contributed by atoms with van der Waals surface area (Å²) in [5.41, 5.74) is 7.59. The number of nitrogens with two attached hydrogens (primary N) is 1. The summed E-state index contributed by atoms with van der Waals surface area (Å²) in [6.07, 6.45) is 0.826. The first-order valence-electron chi connectivity index (χ1n) is 4.98. The largest absolute Gasteiger partial charge is 0.330 e. The minimum atomic E-state index is 0.00929. The summed E-state index contributed by atoms with van der Waals surface area (Å²) in [4.78, 5) is 8.94. The number of aromatic nitrogens is 2. The minimum Gasteiger partial charge on any atom is -0.330 e. The molecule has 0 radical (unpaired) electrons. The molecule has 0 spiro atoms. The highest BCUT2D eigenvalue weighted by molar-refractivity contribution is 5.14. The van der Waals surface area contributed by atoms with E-state index >= 15 is 0 Å². The zero-order valence-electron chi connectivity index (χ0n) is 9.46. The van der Waals surface area contributed by atoms with E-state index in [-0.39, 0.29) is 5.41 Å². The topological polar surface area (TPSA) is 51.8 Å². The van der Waals surface area contributed by atoms with Gasteiger partial charge in [-0.25, -0.2) is 9.97 Å². The molecule has 0 unspecified atom stereocenters. The van der Waals surface area contributed by atoms with Crippen molar-refractivity contribution < 1.29 is 0 Å². The van der Waals surface area contributed by atoms with E-state index in [0.717, 1.165) is 23.6 Å². The highest BCUT2D eigenvalue weighted by Gasteiger charge is 2.17. The Bertz CT molecular complexity index is 313. The fraction of sp³-hybridized carbons (Fsp3) is 0.636. The maximum absolute atomic E-state index is 5.51. The average molecular weight is 193 g/mol. The standard InChI is InChI=1S/C11H19N3/c1-8-7-9(5-6-12)14-10(13-8)11(2,3)4/h7H,5-6,12H2,1-4H3. The second-order valence-electron chi connectivity index (χ2n) is 4.61. The molecule has 0 atom stereocenters. The lowest BCUT2D eigenvalue weighted by molar-refractivity contribution is 0.539. The lowest BCUT2D eigenvalue weighted by Gasteiger charge is -2.17. The van der Waals surface area contributed by atoms with Crippen LogP contribution in [0.3, 0.4) is 0 Å². The van der Waals surface area contributed by atoms with Crippen LogP contribution in [0.4, 0.5) is 0 Å². The Morgan fingerprint density at radius 2 is 1.93 bits per heavy atom. The van der Waals surface area contributed by atoms with E-state index < -0.39 is 0 Å². The molecule has 0 saturated heterocycles. The lowest BCUT2D eigenvalue weighted by atomic mass is 9.95. The Kier molecular flexibility index (Phi) is 3.21. The quantitative estimate of drug-likeness (QED) is 0.776. The fourth-order valence-corrected chi connectivity index (χ4v) is 1.25. The van der Waals surface area contributed by atoms with E-state index in [9.17, 15) is 0 Å². The third kappa shape index (κ3) is 2.77. The van der Waals surface area contributed by atoms with Gasteiger partial charge in [0.25, 0.3) is 0 Å². The summed E-state index contributed by atoms with van der Waals surface area (Å²) in [6, 6.07) is 2.00. The Balaban J connectivity index is 3.07. The molecule has 0 bridgehead atoms. The van der Waals surface area contributed by atoms with Crippen molar-refractivity contribution in [3.63, 3.8) is 0 Å². The molecular weight excluding hydrogens is 174 g/mol. The molecule has 0 amide bonds. The van der Waals surface area contributed by atoms with Gasteiger partial charge in [0.2, 0.25) is 0 Å². The summed E-state index contributed by atoms with van der Waals surface area (Å²) >= 11 is 0. The maximum atomic E-state index is 5.51. The third-order valence-electron chi connectivity index (χ3n) is 1.98. The van der Waals surface area contributed by atoms with Crippen molar-refractivity contribution in [2.75, 3.05) is 6.54 Å². The molecular formula is C11H19N3. The lowest BCUT2D eigenvalue weighted by Crippen LogP contribution is -2.18. The number of rotatable bonds is 2. The molecule has 3 nitrogen and oxygen atoms in total. The van der Waals surface area contributed by atoms with Crippen LogP contribution >= 0.6 is 0 Å². The molecule has 1 rings (SSSR count). The van der Waals surface area contributed by atoms with Crippen molar-refractivity contribution in [3.8, 4) is 0 Å². The van der Waals surface area contributed by atoms with Gasteiger partial charge >= 0.3 is 0 Å². The molecule has 0 aliphatic carbocycles. The van der Waals surface area contributed by atoms with Gasteiger partial charge in [0.05, 0.1) is 0 Å². The molecule has 3 heteroatoms. The highest BCUT2D eigenvalue weighted by Crippen LogP contribution is 2.18. The molecule has 2 N–H and O–H groups in total. The summed E-state index contributed by atoms with van der Waals surface area (Å²) in [5.74, 6) is 0.904. The monoisotopic (exact) mass is 193 g/mol. The van der Waals surface area contributed by atoms with Crippen LogP contribution < -0.4 is 5.73 Å². The molecule has 0 aliphatic heterocycles. The van der Waals surface area contributed by atoms with E-state index in [1.54, 1.807) is 0 Å². The number of hydrogen-bond acceptors (Lipinski definition) is 3. The number of aryl methyl sites for hydroxylation is 1. The molecule has 1 aromatic heterocycles. The third-order valence-corrected chi connectivity index (χ3v) is 1.98. The van der Waals surface area contributed by atoms with Gasteiger partial charge in [-0.1, -0.05) is 20.8 Å². The second-order valence-corrected chi connectivity index (χ2v) is 4.61. The molecule has 0 fully saturated rings. The van der Waals surface area contributed by atoms with E-state index in [1.807, 2.05) is 13.0 Å². The van der Waals surface area contributed by atoms with E-state index in [0.29, 0.717) is 6.54 Å². The molecule has 0 aliphatic rings. The molecule has 14 heavy (non-hydrogen) atoms. The number of nitrogens with zero attached hydrogens (tertiary/aromatic N) is 2. The van der Waals surface area contributed by atoms with Crippen LogP contribution in [0, 0.1) is 6.92 Å². The van der Waals surface area contributed by atoms with E-state index in [2.05, 4.69) is 30.7 Å². The second kappa shape index (κ2) is 4.05. The van der Waals surface area contributed by atoms with Crippen LogP contribution in [-0.2, 0) is 11.8 Å². The summed E-state index contributed by atoms with van der Waals surface area (Å²) in [5, 5.41) is 0. The van der Waals surface area contributed by atoms with Crippen LogP contribution in [0.25, 0.3) is 0 Å². The average Bonchev–Trinajstić information content (AvgIpc) is 2.02. The first-order valence-corrected chi connectivity index (χ1v) is 4.98.